The molecule has 0 saturated carbocycles. The number of amides is 1. The number of aliphatic hydroxyl groups is 1. The van der Waals surface area contributed by atoms with Crippen molar-refractivity contribution < 1.29 is 23.8 Å². The van der Waals surface area contributed by atoms with Crippen LogP contribution in [-0.4, -0.2) is 55.1 Å². The number of aromatic nitrogens is 1. The lowest BCUT2D eigenvalue weighted by molar-refractivity contribution is 0.0327. The molecule has 2 aliphatic rings. The Bertz CT molecular complexity index is 890. The van der Waals surface area contributed by atoms with Gasteiger partial charge in [-0.1, -0.05) is 0 Å². The van der Waals surface area contributed by atoms with Crippen LogP contribution in [0.3, 0.4) is 0 Å². The number of carbonyl (C=O) groups is 1. The Morgan fingerprint density at radius 1 is 1.33 bits per heavy atom. The van der Waals surface area contributed by atoms with E-state index < -0.39 is 18.3 Å². The first-order valence-electron chi connectivity index (χ1n) is 10.1. The van der Waals surface area contributed by atoms with Gasteiger partial charge in [0, 0.05) is 17.9 Å². The molecular formula is C22H26FN3O4. The van der Waals surface area contributed by atoms with Gasteiger partial charge >= 0.3 is 6.09 Å². The number of rotatable bonds is 7. The first-order valence-corrected chi connectivity index (χ1v) is 10.1. The summed E-state index contributed by atoms with van der Waals surface area (Å²) in [7, 11) is 1.58. The highest BCUT2D eigenvalue weighted by molar-refractivity contribution is 5.89. The molecule has 1 aromatic heterocycles. The number of pyridine rings is 1. The highest BCUT2D eigenvalue weighted by atomic mass is 19.1. The fourth-order valence-corrected chi connectivity index (χ4v) is 4.18. The largest absolute Gasteiger partial charge is 0.497 e. The highest BCUT2D eigenvalue weighted by Gasteiger charge is 2.37. The van der Waals surface area contributed by atoms with Gasteiger partial charge in [-0.25, -0.2) is 9.18 Å². The zero-order valence-corrected chi connectivity index (χ0v) is 17.1. The fraction of sp³-hybridized carbons (Fsp3) is 0.455. The number of hydrogen-bond acceptors (Lipinski definition) is 6. The van der Waals surface area contributed by atoms with E-state index in [0.29, 0.717) is 30.9 Å². The van der Waals surface area contributed by atoms with Crippen LogP contribution >= 0.6 is 0 Å². The Kier molecular flexibility index (Phi) is 5.87. The normalized spacial score (nSPS) is 21.5. The van der Waals surface area contributed by atoms with Crippen LogP contribution in [-0.2, 0) is 17.6 Å². The molecule has 0 spiro atoms. The van der Waals surface area contributed by atoms with Crippen molar-refractivity contribution in [3.05, 3.63) is 53.1 Å². The first kappa shape index (κ1) is 20.6. The van der Waals surface area contributed by atoms with Crippen LogP contribution < -0.4 is 15.0 Å². The SMILES string of the molecule is COc1ccc(N2C[C@H](C(O)CNCC3Cc4c(F)cnc(C)c4C3)OC2=O)cc1. The number of fused-ring (bicyclic) bond motifs is 1. The number of aliphatic hydroxyl groups excluding tert-OH is 1. The number of cyclic esters (lactones) is 1. The lowest BCUT2D eigenvalue weighted by Crippen LogP contribution is -2.40. The molecule has 1 aromatic carbocycles. The van der Waals surface area contributed by atoms with Crippen LogP contribution in [0, 0.1) is 18.7 Å². The Morgan fingerprint density at radius 2 is 2.07 bits per heavy atom. The molecule has 1 aliphatic heterocycles. The van der Waals surface area contributed by atoms with Gasteiger partial charge in [-0.3, -0.25) is 9.88 Å². The molecule has 0 radical (unpaired) electrons. The van der Waals surface area contributed by atoms with E-state index in [2.05, 4.69) is 10.3 Å². The van der Waals surface area contributed by atoms with Crippen molar-refractivity contribution in [3.8, 4) is 5.75 Å². The van der Waals surface area contributed by atoms with Crippen LogP contribution in [0.5, 0.6) is 5.75 Å². The number of nitrogens with one attached hydrogen (secondary N) is 1. The van der Waals surface area contributed by atoms with Crippen LogP contribution in [0.2, 0.25) is 0 Å². The van der Waals surface area contributed by atoms with Gasteiger partial charge in [0.25, 0.3) is 0 Å². The van der Waals surface area contributed by atoms with Gasteiger partial charge in [0.2, 0.25) is 0 Å². The average molecular weight is 415 g/mol. The quantitative estimate of drug-likeness (QED) is 0.722. The number of methoxy groups -OCH3 is 1. The van der Waals surface area contributed by atoms with Gasteiger partial charge in [0.05, 0.1) is 19.9 Å². The van der Waals surface area contributed by atoms with E-state index in [0.717, 1.165) is 23.2 Å². The topological polar surface area (TPSA) is 83.9 Å². The summed E-state index contributed by atoms with van der Waals surface area (Å²) in [5.41, 5.74) is 3.33. The van der Waals surface area contributed by atoms with E-state index in [1.807, 2.05) is 6.92 Å². The molecule has 1 saturated heterocycles. The molecule has 1 aliphatic carbocycles. The first-order chi connectivity index (χ1) is 14.5. The summed E-state index contributed by atoms with van der Waals surface area (Å²) in [4.78, 5) is 17.8. The smallest absolute Gasteiger partial charge is 0.414 e. The van der Waals surface area contributed by atoms with Gasteiger partial charge in [-0.15, -0.1) is 0 Å². The maximum atomic E-state index is 14.0. The van der Waals surface area contributed by atoms with Gasteiger partial charge in [0.15, 0.2) is 0 Å². The van der Waals surface area contributed by atoms with Gasteiger partial charge in [0.1, 0.15) is 23.8 Å². The summed E-state index contributed by atoms with van der Waals surface area (Å²) in [5.74, 6) is 0.716. The number of ether oxygens (including phenoxy) is 2. The molecule has 2 heterocycles. The monoisotopic (exact) mass is 415 g/mol. The lowest BCUT2D eigenvalue weighted by atomic mass is 10.1. The van der Waals surface area contributed by atoms with Crippen molar-refractivity contribution in [2.24, 2.45) is 5.92 Å². The number of halogens is 1. The average Bonchev–Trinajstić information content (AvgIpc) is 3.35. The van der Waals surface area contributed by atoms with E-state index in [1.54, 1.807) is 31.4 Å². The minimum atomic E-state index is -0.832. The van der Waals surface area contributed by atoms with Crippen molar-refractivity contribution in [2.75, 3.05) is 31.6 Å². The molecule has 1 fully saturated rings. The van der Waals surface area contributed by atoms with Crippen molar-refractivity contribution >= 4 is 11.8 Å². The second-order valence-electron chi connectivity index (χ2n) is 7.88. The Morgan fingerprint density at radius 3 is 2.77 bits per heavy atom. The summed E-state index contributed by atoms with van der Waals surface area (Å²) in [6.45, 7) is 3.12. The van der Waals surface area contributed by atoms with Gasteiger partial charge < -0.3 is 19.9 Å². The second-order valence-corrected chi connectivity index (χ2v) is 7.88. The molecule has 4 rings (SSSR count). The molecule has 2 unspecified atom stereocenters. The summed E-state index contributed by atoms with van der Waals surface area (Å²) in [5, 5.41) is 13.7. The summed E-state index contributed by atoms with van der Waals surface area (Å²) >= 11 is 0. The van der Waals surface area contributed by atoms with E-state index in [1.165, 1.54) is 11.1 Å². The zero-order valence-electron chi connectivity index (χ0n) is 17.1. The van der Waals surface area contributed by atoms with Crippen molar-refractivity contribution in [2.45, 2.75) is 32.0 Å². The highest BCUT2D eigenvalue weighted by Crippen LogP contribution is 2.30. The second kappa shape index (κ2) is 8.57. The maximum Gasteiger partial charge on any atom is 0.414 e. The number of anilines is 1. The predicted octanol–water partition coefficient (Wildman–Crippen LogP) is 2.23. The van der Waals surface area contributed by atoms with Crippen LogP contribution in [0.1, 0.15) is 16.8 Å². The minimum absolute atomic E-state index is 0.241. The third-order valence-electron chi connectivity index (χ3n) is 5.88. The van der Waals surface area contributed by atoms with Gasteiger partial charge in [-0.2, -0.15) is 0 Å². The lowest BCUT2D eigenvalue weighted by Gasteiger charge is -2.18. The fourth-order valence-electron chi connectivity index (χ4n) is 4.18. The number of carbonyl (C=O) groups excluding carboxylic acids is 1. The third kappa shape index (κ3) is 4.11. The molecule has 0 bridgehead atoms. The minimum Gasteiger partial charge on any atom is -0.497 e. The molecule has 30 heavy (non-hydrogen) atoms. The van der Waals surface area contributed by atoms with Crippen molar-refractivity contribution in [1.82, 2.24) is 10.3 Å². The third-order valence-corrected chi connectivity index (χ3v) is 5.88. The molecule has 160 valence electrons. The van der Waals surface area contributed by atoms with E-state index >= 15 is 0 Å². The van der Waals surface area contributed by atoms with Crippen LogP contribution in [0.25, 0.3) is 0 Å². The maximum absolute atomic E-state index is 14.0. The molecule has 1 amide bonds. The molecular weight excluding hydrogens is 389 g/mol. The Labute approximate surface area is 174 Å². The van der Waals surface area contributed by atoms with Crippen molar-refractivity contribution in [3.63, 3.8) is 0 Å². The number of aryl methyl sites for hydroxylation is 1. The standard InChI is InChI=1S/C22H26FN3O4/c1-13-17-7-14(8-18(17)19(23)10-25-13)9-24-11-20(27)21-12-26(22(28)30-21)15-3-5-16(29-2)6-4-15/h3-6,10,14,20-21,24,27H,7-9,11-12H2,1-2H3/t14?,20?,21-/m1/s1. The van der Waals surface area contributed by atoms with E-state index in [4.69, 9.17) is 9.47 Å². The molecule has 7 nitrogen and oxygen atoms in total. The zero-order chi connectivity index (χ0) is 21.3. The number of nitrogens with zero attached hydrogens (tertiary/aromatic N) is 2. The predicted molar refractivity (Wildman–Crippen MR) is 109 cm³/mol. The molecule has 3 atom stereocenters. The van der Waals surface area contributed by atoms with E-state index in [-0.39, 0.29) is 18.3 Å². The Balaban J connectivity index is 1.27. The molecule has 8 heteroatoms. The number of hydrogen-bond donors (Lipinski definition) is 2. The Hall–Kier alpha value is -2.71. The van der Waals surface area contributed by atoms with Crippen molar-refractivity contribution in [1.29, 1.82) is 0 Å². The van der Waals surface area contributed by atoms with Crippen LogP contribution in [0.4, 0.5) is 14.9 Å². The van der Waals surface area contributed by atoms with Crippen LogP contribution in [0.15, 0.2) is 30.5 Å². The summed E-state index contributed by atoms with van der Waals surface area (Å²) < 4.78 is 24.5. The number of benzene rings is 1. The summed E-state index contributed by atoms with van der Waals surface area (Å²) in [6, 6.07) is 7.10. The molecule has 2 N–H and O–H groups in total. The molecule has 2 aromatic rings. The van der Waals surface area contributed by atoms with E-state index in [9.17, 15) is 14.3 Å². The van der Waals surface area contributed by atoms with Gasteiger partial charge in [-0.05, 0) is 67.6 Å². The summed E-state index contributed by atoms with van der Waals surface area (Å²) in [6.07, 6.45) is 0.805.